The van der Waals surface area contributed by atoms with E-state index in [0.717, 1.165) is 38.0 Å². The molecule has 0 atom stereocenters. The summed E-state index contributed by atoms with van der Waals surface area (Å²) in [7, 11) is 0. The average Bonchev–Trinajstić information content (AvgIpc) is 3.26. The third-order valence-electron chi connectivity index (χ3n) is 6.23. The minimum Gasteiger partial charge on any atom is -0.310 e. The Morgan fingerprint density at radius 3 is 2.09 bits per heavy atom. The maximum Gasteiger partial charge on any atom is 0.203 e. The Hall–Kier alpha value is -5.36. The molecule has 0 bridgehead atoms. The van der Waals surface area contributed by atoms with Crippen molar-refractivity contribution in [2.24, 2.45) is 0 Å². The topological polar surface area (TPSA) is 41.3 Å². The molecule has 5 heteroatoms. The molecule has 4 aromatic carbocycles. The molecule has 0 unspecified atom stereocenters. The van der Waals surface area contributed by atoms with Gasteiger partial charge >= 0.3 is 0 Å². The van der Waals surface area contributed by atoms with Crippen LogP contribution in [0.1, 0.15) is 5.56 Å². The first-order valence-corrected chi connectivity index (χ1v) is 10.1. The molecular weight excluding hydrogens is 406 g/mol. The van der Waals surface area contributed by atoms with E-state index in [2.05, 4.69) is 26.7 Å². The molecular formula is C28H11N5. The Labute approximate surface area is 188 Å². The largest absolute Gasteiger partial charge is 0.310 e. The summed E-state index contributed by atoms with van der Waals surface area (Å²) >= 11 is 0. The van der Waals surface area contributed by atoms with Gasteiger partial charge in [0.25, 0.3) is 0 Å². The van der Waals surface area contributed by atoms with Gasteiger partial charge in [-0.3, -0.25) is 14.5 Å². The van der Waals surface area contributed by atoms with Gasteiger partial charge in [-0.1, -0.05) is 54.6 Å². The summed E-state index contributed by atoms with van der Waals surface area (Å²) < 4.78 is 1.98. The van der Waals surface area contributed by atoms with Crippen LogP contribution in [0.2, 0.25) is 0 Å². The van der Waals surface area contributed by atoms with Gasteiger partial charge in [-0.15, -0.1) is 0 Å². The molecule has 2 aromatic heterocycles. The van der Waals surface area contributed by atoms with Gasteiger partial charge < -0.3 is 4.40 Å². The fourth-order valence-corrected chi connectivity index (χ4v) is 4.94. The van der Waals surface area contributed by atoms with E-state index in [-0.39, 0.29) is 22.6 Å². The van der Waals surface area contributed by atoms with Crippen molar-refractivity contribution in [3.63, 3.8) is 0 Å². The van der Waals surface area contributed by atoms with Crippen LogP contribution >= 0.6 is 0 Å². The lowest BCUT2D eigenvalue weighted by molar-refractivity contribution is 1.34. The second-order valence-corrected chi connectivity index (χ2v) is 7.72. The summed E-state index contributed by atoms with van der Waals surface area (Å²) in [6, 6.07) is 24.1. The number of aromatic nitrogens is 1. The van der Waals surface area contributed by atoms with E-state index in [1.165, 1.54) is 0 Å². The van der Waals surface area contributed by atoms with Crippen LogP contribution in [0.5, 0.6) is 0 Å². The lowest BCUT2D eigenvalue weighted by Crippen LogP contribution is -1.96. The van der Waals surface area contributed by atoms with Crippen LogP contribution in [0, 0.1) is 31.0 Å². The summed E-state index contributed by atoms with van der Waals surface area (Å²) in [5.41, 5.74) is 2.39. The molecule has 5 nitrogen and oxygen atoms in total. The van der Waals surface area contributed by atoms with Crippen molar-refractivity contribution in [3.8, 4) is 6.07 Å². The second-order valence-electron chi connectivity index (χ2n) is 7.72. The Balaban J connectivity index is 2.14. The molecule has 6 rings (SSSR count). The molecule has 0 aliphatic heterocycles. The van der Waals surface area contributed by atoms with Crippen molar-refractivity contribution in [1.82, 2.24) is 4.40 Å². The molecule has 0 radical (unpaired) electrons. The maximum absolute atomic E-state index is 10.2. The molecule has 6 aromatic rings. The predicted octanol–water partition coefficient (Wildman–Crippen LogP) is 8.08. The van der Waals surface area contributed by atoms with Crippen molar-refractivity contribution in [1.29, 1.82) is 5.26 Å². The highest BCUT2D eigenvalue weighted by Crippen LogP contribution is 2.51. The summed E-state index contributed by atoms with van der Waals surface area (Å²) in [4.78, 5) is 10.8. The lowest BCUT2D eigenvalue weighted by Gasteiger charge is -2.17. The molecule has 0 aliphatic rings. The van der Waals surface area contributed by atoms with Crippen LogP contribution in [-0.2, 0) is 0 Å². The Morgan fingerprint density at radius 1 is 0.667 bits per heavy atom. The van der Waals surface area contributed by atoms with Gasteiger partial charge in [0.05, 0.1) is 42.4 Å². The number of hydrogen-bond acceptors (Lipinski definition) is 1. The van der Waals surface area contributed by atoms with Crippen molar-refractivity contribution in [2.75, 3.05) is 0 Å². The molecule has 0 N–H and O–H groups in total. The zero-order valence-electron chi connectivity index (χ0n) is 17.1. The zero-order chi connectivity index (χ0) is 22.7. The van der Waals surface area contributed by atoms with Gasteiger partial charge in [0.1, 0.15) is 0 Å². The van der Waals surface area contributed by atoms with Gasteiger partial charge in [-0.05, 0) is 33.7 Å². The first-order chi connectivity index (χ1) is 16.2. The van der Waals surface area contributed by atoms with E-state index in [0.29, 0.717) is 10.9 Å². The van der Waals surface area contributed by atoms with E-state index >= 15 is 0 Å². The average molecular weight is 417 g/mol. The van der Waals surface area contributed by atoms with Crippen LogP contribution in [-0.4, -0.2) is 4.40 Å². The van der Waals surface area contributed by atoms with E-state index in [4.69, 9.17) is 19.7 Å². The van der Waals surface area contributed by atoms with Crippen molar-refractivity contribution in [2.45, 2.75) is 0 Å². The number of para-hydroxylation sites is 1. The Kier molecular flexibility index (Phi) is 3.66. The van der Waals surface area contributed by atoms with Crippen molar-refractivity contribution >= 4 is 65.9 Å². The van der Waals surface area contributed by atoms with Crippen LogP contribution < -0.4 is 0 Å². The summed E-state index contributed by atoms with van der Waals surface area (Å²) in [5.74, 6) is 0. The second kappa shape index (κ2) is 6.57. The van der Waals surface area contributed by atoms with Crippen LogP contribution in [0.25, 0.3) is 63.4 Å². The number of fused-ring (bicyclic) bond motifs is 10. The first-order valence-electron chi connectivity index (χ1n) is 10.1. The molecule has 0 spiro atoms. The maximum atomic E-state index is 10.2. The van der Waals surface area contributed by atoms with Gasteiger partial charge in [0, 0.05) is 16.3 Å². The summed E-state index contributed by atoms with van der Waals surface area (Å²) in [6.45, 7) is 23.3. The minimum absolute atomic E-state index is 0.0608. The molecule has 0 aliphatic carbocycles. The van der Waals surface area contributed by atoms with Crippen molar-refractivity contribution in [3.05, 3.63) is 107 Å². The van der Waals surface area contributed by atoms with Crippen LogP contribution in [0.3, 0.4) is 0 Å². The molecule has 33 heavy (non-hydrogen) atoms. The van der Waals surface area contributed by atoms with Gasteiger partial charge in [-0.2, -0.15) is 5.26 Å². The fraction of sp³-hybridized carbons (Fsp3) is 0. The summed E-state index contributed by atoms with van der Waals surface area (Å²) in [6.07, 6.45) is 0. The zero-order valence-corrected chi connectivity index (χ0v) is 17.1. The van der Waals surface area contributed by atoms with E-state index < -0.39 is 0 Å². The monoisotopic (exact) mass is 417 g/mol. The SMILES string of the molecule is [C-]#[N+]c1c([N+]#[C-])c(C#N)c2c(c1[N+]#[C-])c1ccc3ccccc3c1c1cc3ccccc3n12. The first kappa shape index (κ1) is 18.4. The number of nitrogens with zero attached hydrogens (tertiary/aromatic N) is 5. The highest BCUT2D eigenvalue weighted by Gasteiger charge is 2.25. The van der Waals surface area contributed by atoms with Gasteiger partial charge in [0.2, 0.25) is 11.4 Å². The van der Waals surface area contributed by atoms with Gasteiger partial charge in [-0.25, -0.2) is 0 Å². The summed E-state index contributed by atoms with van der Waals surface area (Å²) in [5, 5.41) is 15.5. The number of nitriles is 1. The third-order valence-corrected chi connectivity index (χ3v) is 6.23. The van der Waals surface area contributed by atoms with Gasteiger partial charge in [0.15, 0.2) is 5.69 Å². The quantitative estimate of drug-likeness (QED) is 0.182. The Bertz CT molecular complexity index is 2020. The molecule has 0 saturated heterocycles. The van der Waals surface area contributed by atoms with Crippen LogP contribution in [0.15, 0.2) is 66.7 Å². The van der Waals surface area contributed by atoms with E-state index in [1.54, 1.807) is 0 Å². The number of hydrogen-bond donors (Lipinski definition) is 0. The predicted molar refractivity (Wildman–Crippen MR) is 131 cm³/mol. The molecule has 2 heterocycles. The molecule has 0 amide bonds. The lowest BCUT2D eigenvalue weighted by atomic mass is 9.95. The molecule has 0 saturated carbocycles. The standard InChI is InChI=1S/C28H11N5/c1-30-25-20(15-29)28-24(26(31-2)27(25)32-3)19-13-12-16-8-4-6-10-18(16)23(19)22-14-17-9-5-7-11-21(17)33(22)28/h4-14H. The molecule has 148 valence electrons. The highest BCUT2D eigenvalue weighted by atomic mass is 14.9. The van der Waals surface area contributed by atoms with Crippen LogP contribution in [0.4, 0.5) is 17.1 Å². The number of benzene rings is 4. The van der Waals surface area contributed by atoms with E-state index in [9.17, 15) is 5.26 Å². The number of pyridine rings is 1. The fourth-order valence-electron chi connectivity index (χ4n) is 4.94. The third kappa shape index (κ3) is 2.21. The normalized spacial score (nSPS) is 10.9. The number of rotatable bonds is 0. The highest BCUT2D eigenvalue weighted by molar-refractivity contribution is 6.29. The molecule has 0 fully saturated rings. The van der Waals surface area contributed by atoms with Crippen molar-refractivity contribution < 1.29 is 0 Å². The minimum atomic E-state index is -0.0646. The Morgan fingerprint density at radius 2 is 1.36 bits per heavy atom. The van der Waals surface area contributed by atoms with E-state index in [1.807, 2.05) is 65.1 Å². The smallest absolute Gasteiger partial charge is 0.203 e.